The third kappa shape index (κ3) is 2.73. The van der Waals surface area contributed by atoms with E-state index in [0.717, 1.165) is 17.7 Å². The number of rotatable bonds is 4. The van der Waals surface area contributed by atoms with E-state index in [1.807, 2.05) is 20.2 Å². The second kappa shape index (κ2) is 5.09. The molecule has 0 atom stereocenters. The number of nitrogens with zero attached hydrogens (tertiary/aromatic N) is 3. The molecule has 0 amide bonds. The van der Waals surface area contributed by atoms with Crippen molar-refractivity contribution < 1.29 is 9.90 Å². The van der Waals surface area contributed by atoms with Gasteiger partial charge in [0.15, 0.2) is 0 Å². The predicted octanol–water partition coefficient (Wildman–Crippen LogP) is 0.891. The van der Waals surface area contributed by atoms with E-state index in [0.29, 0.717) is 6.54 Å². The summed E-state index contributed by atoms with van der Waals surface area (Å²) < 4.78 is 3.08. The Bertz CT molecular complexity index is 670. The van der Waals surface area contributed by atoms with Crippen molar-refractivity contribution in [3.63, 3.8) is 0 Å². The summed E-state index contributed by atoms with van der Waals surface area (Å²) in [6, 6.07) is 2.58. The van der Waals surface area contributed by atoms with Gasteiger partial charge in [-0.2, -0.15) is 5.10 Å². The van der Waals surface area contributed by atoms with Gasteiger partial charge in [0.2, 0.25) is 0 Å². The predicted molar refractivity (Wildman–Crippen MR) is 69.3 cm³/mol. The van der Waals surface area contributed by atoms with Crippen LogP contribution in [0.25, 0.3) is 0 Å². The number of carboxylic acid groups (broad SMARTS) is 1. The molecule has 2 aromatic heterocycles. The average Bonchev–Trinajstić information content (AvgIpc) is 2.72. The van der Waals surface area contributed by atoms with Gasteiger partial charge in [-0.05, 0) is 12.5 Å². The first kappa shape index (κ1) is 13.1. The van der Waals surface area contributed by atoms with Crippen LogP contribution < -0.4 is 5.56 Å². The van der Waals surface area contributed by atoms with Gasteiger partial charge in [0.25, 0.3) is 5.56 Å². The average molecular weight is 261 g/mol. The molecule has 2 rings (SSSR count). The van der Waals surface area contributed by atoms with E-state index in [-0.39, 0.29) is 11.1 Å². The van der Waals surface area contributed by atoms with E-state index >= 15 is 0 Å². The van der Waals surface area contributed by atoms with Crippen molar-refractivity contribution in [3.8, 4) is 0 Å². The van der Waals surface area contributed by atoms with Crippen molar-refractivity contribution in [2.24, 2.45) is 7.05 Å². The molecule has 0 bridgehead atoms. The highest BCUT2D eigenvalue weighted by atomic mass is 16.4. The number of aromatic nitrogens is 3. The van der Waals surface area contributed by atoms with Gasteiger partial charge >= 0.3 is 5.97 Å². The standard InChI is InChI=1S/C13H15N3O3/c1-3-11-10(6-15(2)14-11)8-16-7-9(13(18)19)4-5-12(16)17/h4-7H,3,8H2,1-2H3,(H,18,19). The maximum atomic E-state index is 11.7. The highest BCUT2D eigenvalue weighted by Gasteiger charge is 2.09. The molecule has 0 saturated heterocycles. The molecule has 6 nitrogen and oxygen atoms in total. The first-order chi connectivity index (χ1) is 9.01. The highest BCUT2D eigenvalue weighted by Crippen LogP contribution is 2.09. The summed E-state index contributed by atoms with van der Waals surface area (Å²) in [5, 5.41) is 13.2. The maximum absolute atomic E-state index is 11.7. The smallest absolute Gasteiger partial charge is 0.337 e. The molecule has 0 spiro atoms. The molecule has 0 aliphatic rings. The van der Waals surface area contributed by atoms with Crippen molar-refractivity contribution in [1.29, 1.82) is 0 Å². The third-order valence-electron chi connectivity index (χ3n) is 2.90. The Morgan fingerprint density at radius 2 is 2.11 bits per heavy atom. The molecule has 0 radical (unpaired) electrons. The van der Waals surface area contributed by atoms with E-state index in [1.165, 1.54) is 22.9 Å². The van der Waals surface area contributed by atoms with Gasteiger partial charge < -0.3 is 9.67 Å². The lowest BCUT2D eigenvalue weighted by molar-refractivity contribution is 0.0696. The van der Waals surface area contributed by atoms with E-state index in [4.69, 9.17) is 5.11 Å². The van der Waals surface area contributed by atoms with Gasteiger partial charge in [-0.3, -0.25) is 9.48 Å². The third-order valence-corrected chi connectivity index (χ3v) is 2.90. The van der Waals surface area contributed by atoms with Gasteiger partial charge in [-0.15, -0.1) is 0 Å². The fraction of sp³-hybridized carbons (Fsp3) is 0.308. The molecular formula is C13H15N3O3. The van der Waals surface area contributed by atoms with E-state index in [9.17, 15) is 9.59 Å². The van der Waals surface area contributed by atoms with Crippen LogP contribution in [0.4, 0.5) is 0 Å². The number of hydrogen-bond donors (Lipinski definition) is 1. The Labute approximate surface area is 109 Å². The van der Waals surface area contributed by atoms with Gasteiger partial charge in [-0.1, -0.05) is 6.92 Å². The van der Waals surface area contributed by atoms with Crippen molar-refractivity contribution in [1.82, 2.24) is 14.3 Å². The first-order valence-corrected chi connectivity index (χ1v) is 5.96. The monoisotopic (exact) mass is 261 g/mol. The first-order valence-electron chi connectivity index (χ1n) is 5.96. The molecule has 0 aliphatic carbocycles. The minimum absolute atomic E-state index is 0.0986. The van der Waals surface area contributed by atoms with Gasteiger partial charge in [-0.25, -0.2) is 4.79 Å². The van der Waals surface area contributed by atoms with Gasteiger partial charge in [0, 0.05) is 31.1 Å². The second-order valence-electron chi connectivity index (χ2n) is 4.32. The molecule has 0 fully saturated rings. The van der Waals surface area contributed by atoms with Crippen LogP contribution in [-0.4, -0.2) is 25.4 Å². The fourth-order valence-corrected chi connectivity index (χ4v) is 1.98. The molecule has 6 heteroatoms. The van der Waals surface area contributed by atoms with Crippen LogP contribution in [0.3, 0.4) is 0 Å². The zero-order valence-corrected chi connectivity index (χ0v) is 10.8. The summed E-state index contributed by atoms with van der Waals surface area (Å²) in [7, 11) is 1.82. The summed E-state index contributed by atoms with van der Waals surface area (Å²) in [5.74, 6) is -1.05. The van der Waals surface area contributed by atoms with Gasteiger partial charge in [0.05, 0.1) is 17.8 Å². The summed E-state index contributed by atoms with van der Waals surface area (Å²) in [4.78, 5) is 22.7. The number of pyridine rings is 1. The van der Waals surface area contributed by atoms with Crippen molar-refractivity contribution in [2.45, 2.75) is 19.9 Å². The molecule has 19 heavy (non-hydrogen) atoms. The van der Waals surface area contributed by atoms with Crippen LogP contribution in [0.1, 0.15) is 28.5 Å². The van der Waals surface area contributed by atoms with Crippen LogP contribution >= 0.6 is 0 Å². The molecule has 0 unspecified atom stereocenters. The summed E-state index contributed by atoms with van der Waals surface area (Å²) in [6.07, 6.45) is 3.97. The number of aryl methyl sites for hydroxylation is 2. The maximum Gasteiger partial charge on any atom is 0.337 e. The van der Waals surface area contributed by atoms with Crippen molar-refractivity contribution in [2.75, 3.05) is 0 Å². The SMILES string of the molecule is CCc1nn(C)cc1Cn1cc(C(=O)O)ccc1=O. The summed E-state index contributed by atoms with van der Waals surface area (Å²) in [5.41, 5.74) is 1.71. The molecule has 2 heterocycles. The largest absolute Gasteiger partial charge is 0.478 e. The van der Waals surface area contributed by atoms with Crippen molar-refractivity contribution >= 4 is 5.97 Å². The molecule has 1 N–H and O–H groups in total. The number of aromatic carboxylic acids is 1. The Morgan fingerprint density at radius 1 is 1.37 bits per heavy atom. The van der Waals surface area contributed by atoms with E-state index in [2.05, 4.69) is 5.10 Å². The minimum atomic E-state index is -1.05. The number of carboxylic acids is 1. The Hall–Kier alpha value is -2.37. The molecular weight excluding hydrogens is 246 g/mol. The van der Waals surface area contributed by atoms with Crippen LogP contribution in [-0.2, 0) is 20.0 Å². The Morgan fingerprint density at radius 3 is 2.74 bits per heavy atom. The lowest BCUT2D eigenvalue weighted by Crippen LogP contribution is -2.21. The molecule has 2 aromatic rings. The lowest BCUT2D eigenvalue weighted by Gasteiger charge is -2.06. The molecule has 0 aromatic carbocycles. The fourth-order valence-electron chi connectivity index (χ4n) is 1.98. The van der Waals surface area contributed by atoms with Crippen LogP contribution in [0, 0.1) is 0 Å². The minimum Gasteiger partial charge on any atom is -0.478 e. The van der Waals surface area contributed by atoms with Crippen LogP contribution in [0.15, 0.2) is 29.3 Å². The zero-order chi connectivity index (χ0) is 14.0. The van der Waals surface area contributed by atoms with Gasteiger partial charge in [0.1, 0.15) is 0 Å². The Kier molecular flexibility index (Phi) is 3.50. The number of carbonyl (C=O) groups is 1. The normalized spacial score (nSPS) is 10.6. The van der Waals surface area contributed by atoms with Crippen molar-refractivity contribution in [3.05, 3.63) is 51.7 Å². The zero-order valence-electron chi connectivity index (χ0n) is 10.8. The molecule has 100 valence electrons. The van der Waals surface area contributed by atoms with E-state index < -0.39 is 5.97 Å². The Balaban J connectivity index is 2.39. The van der Waals surface area contributed by atoms with Crippen LogP contribution in [0.2, 0.25) is 0 Å². The molecule has 0 saturated carbocycles. The lowest BCUT2D eigenvalue weighted by atomic mass is 10.2. The second-order valence-corrected chi connectivity index (χ2v) is 4.32. The number of hydrogen-bond acceptors (Lipinski definition) is 3. The quantitative estimate of drug-likeness (QED) is 0.886. The summed E-state index contributed by atoms with van der Waals surface area (Å²) in [6.45, 7) is 2.32. The van der Waals surface area contributed by atoms with Crippen LogP contribution in [0.5, 0.6) is 0 Å². The molecule has 0 aliphatic heterocycles. The highest BCUT2D eigenvalue weighted by molar-refractivity contribution is 5.87. The summed E-state index contributed by atoms with van der Waals surface area (Å²) >= 11 is 0. The van der Waals surface area contributed by atoms with E-state index in [1.54, 1.807) is 4.68 Å². The topological polar surface area (TPSA) is 77.1 Å².